The lowest BCUT2D eigenvalue weighted by Gasteiger charge is -2.07. The molecule has 0 saturated heterocycles. The van der Waals surface area contributed by atoms with E-state index in [-0.39, 0.29) is 17.1 Å². The first kappa shape index (κ1) is 11.6. The molecule has 1 aromatic heterocycles. The maximum absolute atomic E-state index is 12.5. The fourth-order valence-corrected chi connectivity index (χ4v) is 2.11. The fourth-order valence-electron chi connectivity index (χ4n) is 0.963. The van der Waals surface area contributed by atoms with Gasteiger partial charge in [-0.15, -0.1) is 0 Å². The van der Waals surface area contributed by atoms with Crippen molar-refractivity contribution in [1.82, 2.24) is 4.98 Å². The van der Waals surface area contributed by atoms with Gasteiger partial charge in [0.05, 0.1) is 12.5 Å². The van der Waals surface area contributed by atoms with Gasteiger partial charge < -0.3 is 0 Å². The van der Waals surface area contributed by atoms with E-state index < -0.39 is 12.1 Å². The first-order valence-electron chi connectivity index (χ1n) is 3.56. The van der Waals surface area contributed by atoms with Crippen molar-refractivity contribution in [3.63, 3.8) is 0 Å². The Labute approximate surface area is 98.0 Å². The standard InChI is InChI=1S/C8H4ClF2IN2/c9-6-3-5(12)4(1-2-13)7(14-6)8(10)11/h3,8H,1H2. The molecule has 0 unspecified atom stereocenters. The summed E-state index contributed by atoms with van der Waals surface area (Å²) in [6.45, 7) is 0. The normalized spacial score (nSPS) is 10.3. The molecule has 0 atom stereocenters. The molecule has 1 heterocycles. The lowest BCUT2D eigenvalue weighted by molar-refractivity contribution is 0.145. The monoisotopic (exact) mass is 328 g/mol. The second-order valence-corrected chi connectivity index (χ2v) is 3.98. The van der Waals surface area contributed by atoms with Crippen molar-refractivity contribution in [2.75, 3.05) is 0 Å². The van der Waals surface area contributed by atoms with Gasteiger partial charge in [-0.2, -0.15) is 5.26 Å². The number of alkyl halides is 2. The average molecular weight is 328 g/mol. The van der Waals surface area contributed by atoms with Crippen LogP contribution in [0.4, 0.5) is 8.78 Å². The number of aromatic nitrogens is 1. The molecule has 6 heteroatoms. The van der Waals surface area contributed by atoms with Crippen LogP contribution in [-0.4, -0.2) is 4.98 Å². The predicted molar refractivity (Wildman–Crippen MR) is 56.2 cm³/mol. The summed E-state index contributed by atoms with van der Waals surface area (Å²) in [6.07, 6.45) is -2.78. The Bertz CT molecular complexity index is 390. The number of nitriles is 1. The number of hydrogen-bond donors (Lipinski definition) is 0. The second kappa shape index (κ2) is 4.84. The first-order valence-corrected chi connectivity index (χ1v) is 5.02. The topological polar surface area (TPSA) is 36.7 Å². The zero-order valence-corrected chi connectivity index (χ0v) is 9.68. The minimum absolute atomic E-state index is 0.0198. The summed E-state index contributed by atoms with van der Waals surface area (Å²) in [5, 5.41) is 8.48. The number of rotatable bonds is 2. The Balaban J connectivity index is 3.30. The molecule has 74 valence electrons. The van der Waals surface area contributed by atoms with Gasteiger partial charge in [0.25, 0.3) is 6.43 Å². The highest BCUT2D eigenvalue weighted by atomic mass is 127. The van der Waals surface area contributed by atoms with E-state index in [1.807, 2.05) is 28.7 Å². The van der Waals surface area contributed by atoms with E-state index in [0.29, 0.717) is 3.57 Å². The first-order chi connectivity index (χ1) is 6.56. The molecule has 0 amide bonds. The third-order valence-electron chi connectivity index (χ3n) is 1.53. The lowest BCUT2D eigenvalue weighted by atomic mass is 10.1. The van der Waals surface area contributed by atoms with Crippen LogP contribution in [0.5, 0.6) is 0 Å². The van der Waals surface area contributed by atoms with Crippen LogP contribution in [0.1, 0.15) is 17.7 Å². The number of pyridine rings is 1. The van der Waals surface area contributed by atoms with Gasteiger partial charge in [-0.3, -0.25) is 0 Å². The van der Waals surface area contributed by atoms with Gasteiger partial charge in [-0.05, 0) is 28.7 Å². The molecule has 0 radical (unpaired) electrons. The SMILES string of the molecule is N#CCc1c(I)cc(Cl)nc1C(F)F. The minimum Gasteiger partial charge on any atom is -0.235 e. The Kier molecular flexibility index (Phi) is 4.01. The van der Waals surface area contributed by atoms with Gasteiger partial charge in [0.15, 0.2) is 0 Å². The maximum Gasteiger partial charge on any atom is 0.280 e. The maximum atomic E-state index is 12.5. The van der Waals surface area contributed by atoms with Gasteiger partial charge in [-0.25, -0.2) is 13.8 Å². The van der Waals surface area contributed by atoms with Gasteiger partial charge in [0, 0.05) is 9.13 Å². The third-order valence-corrected chi connectivity index (χ3v) is 2.69. The van der Waals surface area contributed by atoms with E-state index >= 15 is 0 Å². The van der Waals surface area contributed by atoms with Crippen LogP contribution in [0.15, 0.2) is 6.07 Å². The Morgan fingerprint density at radius 1 is 1.64 bits per heavy atom. The fraction of sp³-hybridized carbons (Fsp3) is 0.250. The second-order valence-electron chi connectivity index (χ2n) is 2.43. The van der Waals surface area contributed by atoms with Gasteiger partial charge >= 0.3 is 0 Å². The highest BCUT2D eigenvalue weighted by Crippen LogP contribution is 2.27. The third kappa shape index (κ3) is 2.51. The van der Waals surface area contributed by atoms with Crippen molar-refractivity contribution in [2.24, 2.45) is 0 Å². The van der Waals surface area contributed by atoms with Crippen LogP contribution in [0.3, 0.4) is 0 Å². The highest BCUT2D eigenvalue weighted by molar-refractivity contribution is 14.1. The number of nitrogens with zero attached hydrogens (tertiary/aromatic N) is 2. The molecule has 0 aromatic carbocycles. The van der Waals surface area contributed by atoms with E-state index in [2.05, 4.69) is 4.98 Å². The van der Waals surface area contributed by atoms with Crippen LogP contribution >= 0.6 is 34.2 Å². The quantitative estimate of drug-likeness (QED) is 0.617. The van der Waals surface area contributed by atoms with Crippen molar-refractivity contribution in [3.8, 4) is 6.07 Å². The summed E-state index contributed by atoms with van der Waals surface area (Å²) in [5.41, 5.74) is -0.143. The van der Waals surface area contributed by atoms with E-state index in [4.69, 9.17) is 16.9 Å². The van der Waals surface area contributed by atoms with Crippen LogP contribution in [-0.2, 0) is 6.42 Å². The smallest absolute Gasteiger partial charge is 0.235 e. The molecule has 0 bridgehead atoms. The number of halogens is 4. The average Bonchev–Trinajstić information content (AvgIpc) is 2.09. The molecular weight excluding hydrogens is 324 g/mol. The molecule has 1 rings (SSSR count). The molecule has 0 spiro atoms. The Morgan fingerprint density at radius 3 is 2.79 bits per heavy atom. The molecule has 2 nitrogen and oxygen atoms in total. The zero-order chi connectivity index (χ0) is 10.7. The van der Waals surface area contributed by atoms with E-state index in [1.165, 1.54) is 6.07 Å². The summed E-state index contributed by atoms with van der Waals surface area (Å²) in [5.74, 6) is 0. The van der Waals surface area contributed by atoms with Crippen molar-refractivity contribution in [1.29, 1.82) is 5.26 Å². The summed E-state index contributed by atoms with van der Waals surface area (Å²) in [7, 11) is 0. The molecule has 0 aliphatic carbocycles. The number of hydrogen-bond acceptors (Lipinski definition) is 2. The van der Waals surface area contributed by atoms with Gasteiger partial charge in [0.1, 0.15) is 10.8 Å². The van der Waals surface area contributed by atoms with Crippen molar-refractivity contribution in [3.05, 3.63) is 26.0 Å². The molecule has 0 fully saturated rings. The molecule has 0 N–H and O–H groups in total. The molecule has 14 heavy (non-hydrogen) atoms. The summed E-state index contributed by atoms with van der Waals surface area (Å²) in [6, 6.07) is 3.28. The van der Waals surface area contributed by atoms with Crippen molar-refractivity contribution >= 4 is 34.2 Å². The van der Waals surface area contributed by atoms with Crippen LogP contribution < -0.4 is 0 Å². The largest absolute Gasteiger partial charge is 0.280 e. The molecule has 0 saturated carbocycles. The Hall–Kier alpha value is -0.480. The van der Waals surface area contributed by atoms with E-state index in [0.717, 1.165) is 0 Å². The van der Waals surface area contributed by atoms with Crippen LogP contribution in [0.2, 0.25) is 5.15 Å². The van der Waals surface area contributed by atoms with Crippen molar-refractivity contribution < 1.29 is 8.78 Å². The van der Waals surface area contributed by atoms with Crippen LogP contribution in [0.25, 0.3) is 0 Å². The highest BCUT2D eigenvalue weighted by Gasteiger charge is 2.18. The minimum atomic E-state index is -2.70. The van der Waals surface area contributed by atoms with E-state index in [1.54, 1.807) is 0 Å². The van der Waals surface area contributed by atoms with Gasteiger partial charge in [-0.1, -0.05) is 11.6 Å². The van der Waals surface area contributed by atoms with Crippen molar-refractivity contribution in [2.45, 2.75) is 12.8 Å². The van der Waals surface area contributed by atoms with E-state index in [9.17, 15) is 8.78 Å². The summed E-state index contributed by atoms with van der Waals surface area (Å²) >= 11 is 7.39. The Morgan fingerprint density at radius 2 is 2.29 bits per heavy atom. The molecular formula is C8H4ClF2IN2. The molecule has 1 aromatic rings. The predicted octanol–water partition coefficient (Wildman–Crippen LogP) is 3.34. The summed E-state index contributed by atoms with van der Waals surface area (Å²) in [4.78, 5) is 3.51. The molecule has 0 aliphatic rings. The zero-order valence-electron chi connectivity index (χ0n) is 6.77. The van der Waals surface area contributed by atoms with Gasteiger partial charge in [0.2, 0.25) is 0 Å². The lowest BCUT2D eigenvalue weighted by Crippen LogP contribution is -2.01. The van der Waals surface area contributed by atoms with Crippen LogP contribution in [0, 0.1) is 14.9 Å². The summed E-state index contributed by atoms with van der Waals surface area (Å²) < 4.78 is 25.5. The molecule has 0 aliphatic heterocycles.